The number of hydrogen-bond donors (Lipinski definition) is 2. The molecular formula is C24H26ClN3O. The Morgan fingerprint density at radius 2 is 1.62 bits per heavy atom. The van der Waals surface area contributed by atoms with Crippen molar-refractivity contribution in [1.82, 2.24) is 14.9 Å². The Kier molecular flexibility index (Phi) is 5.74. The number of pyridine rings is 1. The highest BCUT2D eigenvalue weighted by Gasteiger charge is 2.22. The van der Waals surface area contributed by atoms with Crippen molar-refractivity contribution < 1.29 is 0 Å². The number of benzene rings is 2. The van der Waals surface area contributed by atoms with Gasteiger partial charge in [-0.05, 0) is 61.5 Å². The molecule has 0 bridgehead atoms. The molecule has 0 atom stereocenters. The van der Waals surface area contributed by atoms with E-state index in [0.29, 0.717) is 5.92 Å². The van der Waals surface area contributed by atoms with Crippen LogP contribution in [0.15, 0.2) is 65.6 Å². The van der Waals surface area contributed by atoms with Crippen LogP contribution in [0.2, 0.25) is 0 Å². The van der Waals surface area contributed by atoms with Gasteiger partial charge in [0, 0.05) is 40.6 Å². The van der Waals surface area contributed by atoms with Gasteiger partial charge in [0.2, 0.25) is 5.56 Å². The van der Waals surface area contributed by atoms with Gasteiger partial charge < -0.3 is 14.9 Å². The van der Waals surface area contributed by atoms with Crippen LogP contribution in [0.1, 0.15) is 29.9 Å². The largest absolute Gasteiger partial charge is 0.361 e. The minimum atomic E-state index is -0.00764. The third-order valence-electron chi connectivity index (χ3n) is 6.18. The second kappa shape index (κ2) is 8.44. The van der Waals surface area contributed by atoms with Crippen LogP contribution in [-0.2, 0) is 6.42 Å². The molecule has 0 radical (unpaired) electrons. The number of halogens is 1. The highest BCUT2D eigenvalue weighted by molar-refractivity contribution is 5.85. The first kappa shape index (κ1) is 19.7. The molecule has 0 spiro atoms. The molecule has 150 valence electrons. The number of H-pyrrole nitrogens is 2. The van der Waals surface area contributed by atoms with Crippen molar-refractivity contribution in [3.63, 3.8) is 0 Å². The molecule has 29 heavy (non-hydrogen) atoms. The molecule has 1 fully saturated rings. The van der Waals surface area contributed by atoms with Gasteiger partial charge >= 0.3 is 0 Å². The molecule has 4 nitrogen and oxygen atoms in total. The zero-order valence-electron chi connectivity index (χ0n) is 16.4. The molecule has 1 aliphatic heterocycles. The monoisotopic (exact) mass is 407 g/mol. The van der Waals surface area contributed by atoms with E-state index in [9.17, 15) is 4.79 Å². The van der Waals surface area contributed by atoms with Gasteiger partial charge in [-0.2, -0.15) is 0 Å². The summed E-state index contributed by atoms with van der Waals surface area (Å²) in [5, 5.41) is 2.53. The summed E-state index contributed by atoms with van der Waals surface area (Å²) in [6, 6.07) is 18.4. The van der Waals surface area contributed by atoms with E-state index in [2.05, 4.69) is 51.4 Å². The quantitative estimate of drug-likeness (QED) is 0.508. The van der Waals surface area contributed by atoms with Gasteiger partial charge in [0.05, 0.1) is 0 Å². The summed E-state index contributed by atoms with van der Waals surface area (Å²) in [7, 11) is 0. The Bertz CT molecular complexity index is 1170. The minimum absolute atomic E-state index is 0. The fourth-order valence-corrected chi connectivity index (χ4v) is 4.66. The zero-order valence-corrected chi connectivity index (χ0v) is 17.2. The third-order valence-corrected chi connectivity index (χ3v) is 6.18. The number of piperidine rings is 1. The van der Waals surface area contributed by atoms with Crippen molar-refractivity contribution in [3.05, 3.63) is 82.3 Å². The highest BCUT2D eigenvalue weighted by Crippen LogP contribution is 2.33. The number of para-hydroxylation sites is 2. The molecule has 4 aromatic rings. The van der Waals surface area contributed by atoms with Crippen LogP contribution in [0.3, 0.4) is 0 Å². The second-order valence-corrected chi connectivity index (χ2v) is 7.86. The van der Waals surface area contributed by atoms with Gasteiger partial charge in [-0.1, -0.05) is 36.4 Å². The SMILES string of the molecule is Cl.O=c1cc(CCN2CCC(c3c[nH]c4ccccc34)CC2)c2ccccc2[nH]1. The van der Waals surface area contributed by atoms with Gasteiger partial charge in [0.1, 0.15) is 0 Å². The second-order valence-electron chi connectivity index (χ2n) is 7.86. The van der Waals surface area contributed by atoms with E-state index in [-0.39, 0.29) is 18.0 Å². The highest BCUT2D eigenvalue weighted by atomic mass is 35.5. The lowest BCUT2D eigenvalue weighted by atomic mass is 9.89. The smallest absolute Gasteiger partial charge is 0.248 e. The van der Waals surface area contributed by atoms with Gasteiger partial charge in [0.15, 0.2) is 0 Å². The molecular weight excluding hydrogens is 382 g/mol. The fourth-order valence-electron chi connectivity index (χ4n) is 4.66. The van der Waals surface area contributed by atoms with Crippen LogP contribution in [0.4, 0.5) is 0 Å². The van der Waals surface area contributed by atoms with Crippen molar-refractivity contribution in [3.8, 4) is 0 Å². The fraction of sp³-hybridized carbons (Fsp3) is 0.292. The van der Waals surface area contributed by atoms with Gasteiger partial charge in [-0.3, -0.25) is 4.79 Å². The van der Waals surface area contributed by atoms with E-state index in [1.54, 1.807) is 6.07 Å². The van der Waals surface area contributed by atoms with Crippen LogP contribution in [-0.4, -0.2) is 34.5 Å². The van der Waals surface area contributed by atoms with E-state index >= 15 is 0 Å². The van der Waals surface area contributed by atoms with Gasteiger partial charge in [-0.15, -0.1) is 12.4 Å². The van der Waals surface area contributed by atoms with Crippen LogP contribution in [0.25, 0.3) is 21.8 Å². The van der Waals surface area contributed by atoms with Gasteiger partial charge in [0.25, 0.3) is 0 Å². The standard InChI is InChI=1S/C24H25N3O.ClH/c28-24-15-18(19-5-1-4-8-23(19)26-24)11-14-27-12-9-17(10-13-27)21-16-25-22-7-3-2-6-20(21)22;/h1-8,15-17,25H,9-14H2,(H,26,28);1H. The summed E-state index contributed by atoms with van der Waals surface area (Å²) in [5.41, 5.74) is 4.78. The molecule has 5 heteroatoms. The van der Waals surface area contributed by atoms with Gasteiger partial charge in [-0.25, -0.2) is 0 Å². The number of aromatic nitrogens is 2. The first-order valence-electron chi connectivity index (χ1n) is 10.2. The van der Waals surface area contributed by atoms with Crippen molar-refractivity contribution in [2.45, 2.75) is 25.2 Å². The molecule has 1 aliphatic rings. The van der Waals surface area contributed by atoms with E-state index in [1.165, 1.54) is 29.3 Å². The van der Waals surface area contributed by atoms with Crippen molar-refractivity contribution in [2.75, 3.05) is 19.6 Å². The number of nitrogens with zero attached hydrogens (tertiary/aromatic N) is 1. The summed E-state index contributed by atoms with van der Waals surface area (Å²) in [6.45, 7) is 3.24. The number of aromatic amines is 2. The van der Waals surface area contributed by atoms with E-state index in [4.69, 9.17) is 0 Å². The average Bonchev–Trinajstić information content (AvgIpc) is 3.16. The predicted octanol–water partition coefficient (Wildman–Crippen LogP) is 4.85. The minimum Gasteiger partial charge on any atom is -0.361 e. The maximum absolute atomic E-state index is 12.0. The Hall–Kier alpha value is -2.56. The Morgan fingerprint density at radius 3 is 2.41 bits per heavy atom. The Labute approximate surface area is 176 Å². The molecule has 2 N–H and O–H groups in total. The molecule has 0 unspecified atom stereocenters. The lowest BCUT2D eigenvalue weighted by molar-refractivity contribution is 0.215. The van der Waals surface area contributed by atoms with Crippen molar-refractivity contribution >= 4 is 34.2 Å². The van der Waals surface area contributed by atoms with Crippen molar-refractivity contribution in [1.29, 1.82) is 0 Å². The van der Waals surface area contributed by atoms with Crippen LogP contribution in [0, 0.1) is 0 Å². The number of likely N-dealkylation sites (tertiary alicyclic amines) is 1. The third kappa shape index (κ3) is 3.96. The first-order chi connectivity index (χ1) is 13.8. The molecule has 3 heterocycles. The van der Waals surface area contributed by atoms with E-state index in [0.717, 1.165) is 42.5 Å². The molecule has 0 aliphatic carbocycles. The molecule has 2 aromatic carbocycles. The van der Waals surface area contributed by atoms with E-state index < -0.39 is 0 Å². The van der Waals surface area contributed by atoms with Crippen molar-refractivity contribution in [2.24, 2.45) is 0 Å². The molecule has 0 saturated carbocycles. The normalized spacial score (nSPS) is 15.6. The van der Waals surface area contributed by atoms with E-state index in [1.807, 2.05) is 18.2 Å². The number of nitrogens with one attached hydrogen (secondary N) is 2. The maximum Gasteiger partial charge on any atom is 0.248 e. The summed E-state index contributed by atoms with van der Waals surface area (Å²) < 4.78 is 0. The lowest BCUT2D eigenvalue weighted by Crippen LogP contribution is -2.34. The van der Waals surface area contributed by atoms with Crippen LogP contribution >= 0.6 is 12.4 Å². The number of hydrogen-bond acceptors (Lipinski definition) is 2. The molecule has 0 amide bonds. The molecule has 2 aromatic heterocycles. The summed E-state index contributed by atoms with van der Waals surface area (Å²) in [4.78, 5) is 20.9. The van der Waals surface area contributed by atoms with Crippen LogP contribution < -0.4 is 5.56 Å². The maximum atomic E-state index is 12.0. The summed E-state index contributed by atoms with van der Waals surface area (Å²) in [5.74, 6) is 0.632. The summed E-state index contributed by atoms with van der Waals surface area (Å²) in [6.07, 6.45) is 5.51. The zero-order chi connectivity index (χ0) is 18.9. The molecule has 1 saturated heterocycles. The molecule has 5 rings (SSSR count). The van der Waals surface area contributed by atoms with Crippen LogP contribution in [0.5, 0.6) is 0 Å². The topological polar surface area (TPSA) is 51.9 Å². The predicted molar refractivity (Wildman–Crippen MR) is 122 cm³/mol. The Morgan fingerprint density at radius 1 is 0.931 bits per heavy atom. The average molecular weight is 408 g/mol. The number of fused-ring (bicyclic) bond motifs is 2. The number of rotatable bonds is 4. The summed E-state index contributed by atoms with van der Waals surface area (Å²) >= 11 is 0. The lowest BCUT2D eigenvalue weighted by Gasteiger charge is -2.32. The Balaban J connectivity index is 0.00000205. The first-order valence-corrected chi connectivity index (χ1v) is 10.2.